The maximum Gasteiger partial charge on any atom is 0.384 e. The Kier molecular flexibility index (Phi) is 5.17. The van der Waals surface area contributed by atoms with Crippen LogP contribution in [-0.2, 0) is 10.3 Å². The average Bonchev–Trinajstić information content (AvgIpc) is 2.95. The number of nitro groups is 1. The Balaban J connectivity index is 2.16. The first kappa shape index (κ1) is 17.8. The van der Waals surface area contributed by atoms with Crippen molar-refractivity contribution in [2.24, 2.45) is 0 Å². The van der Waals surface area contributed by atoms with Gasteiger partial charge in [-0.15, -0.1) is 11.3 Å². The van der Waals surface area contributed by atoms with Crippen molar-refractivity contribution in [3.05, 3.63) is 50.7 Å². The third-order valence-electron chi connectivity index (χ3n) is 2.81. The van der Waals surface area contributed by atoms with Gasteiger partial charge in [-0.25, -0.2) is 0 Å². The molecule has 0 saturated heterocycles. The van der Waals surface area contributed by atoms with Crippen LogP contribution in [0.4, 0.5) is 11.4 Å². The second-order valence-electron chi connectivity index (χ2n) is 4.70. The third kappa shape index (κ3) is 4.07. The number of anilines is 1. The predicted molar refractivity (Wildman–Crippen MR) is 88.6 cm³/mol. The lowest BCUT2D eigenvalue weighted by molar-refractivity contribution is -0.384. The van der Waals surface area contributed by atoms with Gasteiger partial charge in [0, 0.05) is 31.9 Å². The number of nitrogens with one attached hydrogen (secondary N) is 1. The first-order chi connectivity index (χ1) is 11.2. The molecule has 0 fully saturated rings. The molecule has 24 heavy (non-hydrogen) atoms. The molecule has 0 aliphatic rings. The van der Waals surface area contributed by atoms with Crippen molar-refractivity contribution >= 4 is 38.9 Å². The van der Waals surface area contributed by atoms with Crippen LogP contribution < -0.4 is 9.50 Å². The maximum atomic E-state index is 12.2. The summed E-state index contributed by atoms with van der Waals surface area (Å²) in [5.74, 6) is -0.670. The Bertz CT molecular complexity index is 858. The molecular formula is C13H13N3O6S2. The number of carbonyl (C=O) groups excluding carboxylic acids is 1. The number of hydrogen-bond acceptors (Lipinski definition) is 7. The predicted octanol–water partition coefficient (Wildman–Crippen LogP) is 2.09. The van der Waals surface area contributed by atoms with E-state index >= 15 is 0 Å². The Morgan fingerprint density at radius 1 is 1.25 bits per heavy atom. The van der Waals surface area contributed by atoms with Gasteiger partial charge in [0.2, 0.25) is 0 Å². The SMILES string of the molecule is CN(C)S(=O)(=O)Oc1ccsc1C(=O)Nc1ccc([N+](=O)[O-])cc1. The molecule has 1 aromatic heterocycles. The fourth-order valence-corrected chi connectivity index (χ4v) is 2.85. The van der Waals surface area contributed by atoms with Crippen molar-refractivity contribution < 1.29 is 22.3 Å². The van der Waals surface area contributed by atoms with Gasteiger partial charge < -0.3 is 9.50 Å². The molecular weight excluding hydrogens is 358 g/mol. The summed E-state index contributed by atoms with van der Waals surface area (Å²) in [5, 5.41) is 14.6. The van der Waals surface area contributed by atoms with Gasteiger partial charge in [0.15, 0.2) is 5.75 Å². The Morgan fingerprint density at radius 3 is 2.42 bits per heavy atom. The van der Waals surface area contributed by atoms with E-state index in [1.165, 1.54) is 49.8 Å². The zero-order valence-electron chi connectivity index (χ0n) is 12.6. The number of carbonyl (C=O) groups is 1. The highest BCUT2D eigenvalue weighted by atomic mass is 32.2. The van der Waals surface area contributed by atoms with Crippen molar-refractivity contribution in [3.63, 3.8) is 0 Å². The molecule has 0 bridgehead atoms. The molecule has 0 saturated carbocycles. The maximum absolute atomic E-state index is 12.2. The molecule has 0 atom stereocenters. The van der Waals surface area contributed by atoms with E-state index in [4.69, 9.17) is 4.18 Å². The van der Waals surface area contributed by atoms with Crippen LogP contribution in [0.5, 0.6) is 5.75 Å². The highest BCUT2D eigenvalue weighted by Crippen LogP contribution is 2.28. The van der Waals surface area contributed by atoms with Crippen molar-refractivity contribution in [3.8, 4) is 5.75 Å². The largest absolute Gasteiger partial charge is 0.384 e. The number of amides is 1. The number of hydrogen-bond donors (Lipinski definition) is 1. The molecule has 1 amide bonds. The number of nitrogens with zero attached hydrogens (tertiary/aromatic N) is 2. The van der Waals surface area contributed by atoms with E-state index in [0.29, 0.717) is 5.69 Å². The van der Waals surface area contributed by atoms with Crippen LogP contribution in [0.2, 0.25) is 0 Å². The quantitative estimate of drug-likeness (QED) is 0.613. The third-order valence-corrected chi connectivity index (χ3v) is 4.99. The van der Waals surface area contributed by atoms with Crippen molar-refractivity contribution in [2.45, 2.75) is 0 Å². The second kappa shape index (κ2) is 6.95. The van der Waals surface area contributed by atoms with E-state index in [1.54, 1.807) is 0 Å². The zero-order valence-corrected chi connectivity index (χ0v) is 14.3. The first-order valence-electron chi connectivity index (χ1n) is 6.46. The van der Waals surface area contributed by atoms with Crippen molar-refractivity contribution in [1.82, 2.24) is 4.31 Å². The highest BCUT2D eigenvalue weighted by molar-refractivity contribution is 7.84. The molecule has 1 N–H and O–H groups in total. The lowest BCUT2D eigenvalue weighted by Crippen LogP contribution is -2.27. The van der Waals surface area contributed by atoms with Crippen molar-refractivity contribution in [2.75, 3.05) is 19.4 Å². The van der Waals surface area contributed by atoms with Crippen LogP contribution in [0.3, 0.4) is 0 Å². The standard InChI is InChI=1S/C13H13N3O6S2/c1-15(2)24(20,21)22-11-7-8-23-12(11)13(17)14-9-3-5-10(6-4-9)16(18)19/h3-8H,1-2H3,(H,14,17). The minimum absolute atomic E-state index is 0.0683. The lowest BCUT2D eigenvalue weighted by atomic mass is 10.3. The van der Waals surface area contributed by atoms with Crippen LogP contribution in [0.15, 0.2) is 35.7 Å². The molecule has 2 aromatic rings. The summed E-state index contributed by atoms with van der Waals surface area (Å²) in [6.07, 6.45) is 0. The van der Waals surface area contributed by atoms with Gasteiger partial charge in [0.1, 0.15) is 4.88 Å². The van der Waals surface area contributed by atoms with Crippen LogP contribution in [0.25, 0.3) is 0 Å². The van der Waals surface area contributed by atoms with Gasteiger partial charge in [-0.1, -0.05) is 0 Å². The molecule has 128 valence electrons. The van der Waals surface area contributed by atoms with E-state index < -0.39 is 21.1 Å². The number of nitro benzene ring substituents is 1. The molecule has 2 rings (SSSR count). The van der Waals surface area contributed by atoms with Crippen molar-refractivity contribution in [1.29, 1.82) is 0 Å². The Labute approximate surface area is 141 Å². The topological polar surface area (TPSA) is 119 Å². The molecule has 0 aliphatic carbocycles. The van der Waals surface area contributed by atoms with Gasteiger partial charge >= 0.3 is 10.3 Å². The van der Waals surface area contributed by atoms with Gasteiger partial charge in [0.05, 0.1) is 4.92 Å². The van der Waals surface area contributed by atoms with Gasteiger partial charge in [-0.2, -0.15) is 12.7 Å². The summed E-state index contributed by atoms with van der Waals surface area (Å²) < 4.78 is 29.3. The summed E-state index contributed by atoms with van der Waals surface area (Å²) in [6, 6.07) is 6.62. The van der Waals surface area contributed by atoms with Gasteiger partial charge in [0.25, 0.3) is 11.6 Å². The number of rotatable bonds is 6. The molecule has 0 spiro atoms. The molecule has 11 heteroatoms. The minimum Gasteiger partial charge on any atom is -0.369 e. The smallest absolute Gasteiger partial charge is 0.369 e. The lowest BCUT2D eigenvalue weighted by Gasteiger charge is -2.12. The van der Waals surface area contributed by atoms with Crippen LogP contribution in [0.1, 0.15) is 9.67 Å². The van der Waals surface area contributed by atoms with E-state index in [0.717, 1.165) is 15.6 Å². The van der Waals surface area contributed by atoms with Crippen LogP contribution >= 0.6 is 11.3 Å². The highest BCUT2D eigenvalue weighted by Gasteiger charge is 2.22. The zero-order chi connectivity index (χ0) is 17.9. The fraction of sp³-hybridized carbons (Fsp3) is 0.154. The summed E-state index contributed by atoms with van der Waals surface area (Å²) in [4.78, 5) is 22.4. The van der Waals surface area contributed by atoms with Gasteiger partial charge in [-0.05, 0) is 23.6 Å². The molecule has 0 unspecified atom stereocenters. The fourth-order valence-electron chi connectivity index (χ4n) is 1.57. The average molecular weight is 371 g/mol. The summed E-state index contributed by atoms with van der Waals surface area (Å²) in [6.45, 7) is 0. The normalized spacial score (nSPS) is 11.3. The summed E-state index contributed by atoms with van der Waals surface area (Å²) in [7, 11) is -1.37. The first-order valence-corrected chi connectivity index (χ1v) is 8.70. The van der Waals surface area contributed by atoms with E-state index in [-0.39, 0.29) is 16.3 Å². The van der Waals surface area contributed by atoms with E-state index in [1.807, 2.05) is 0 Å². The number of thiophene rings is 1. The molecule has 0 aliphatic heterocycles. The van der Waals surface area contributed by atoms with Crippen LogP contribution in [0, 0.1) is 10.1 Å². The number of non-ortho nitro benzene ring substituents is 1. The second-order valence-corrected chi connectivity index (χ2v) is 7.36. The van der Waals surface area contributed by atoms with E-state index in [2.05, 4.69) is 5.32 Å². The molecule has 1 aromatic carbocycles. The number of benzene rings is 1. The monoisotopic (exact) mass is 371 g/mol. The minimum atomic E-state index is -3.98. The van der Waals surface area contributed by atoms with Crippen LogP contribution in [-0.4, -0.2) is 37.6 Å². The molecule has 9 nitrogen and oxygen atoms in total. The van der Waals surface area contributed by atoms with E-state index in [9.17, 15) is 23.3 Å². The van der Waals surface area contributed by atoms with Gasteiger partial charge in [-0.3, -0.25) is 14.9 Å². The Hall–Kier alpha value is -2.50. The molecule has 1 heterocycles. The summed E-state index contributed by atoms with van der Waals surface area (Å²) >= 11 is 1.01. The summed E-state index contributed by atoms with van der Waals surface area (Å²) in [5.41, 5.74) is 0.227. The Morgan fingerprint density at radius 2 is 1.88 bits per heavy atom. The molecule has 0 radical (unpaired) electrons.